The molecule has 0 spiro atoms. The van der Waals surface area contributed by atoms with Gasteiger partial charge in [0.25, 0.3) is 0 Å². The van der Waals surface area contributed by atoms with Gasteiger partial charge in [0.1, 0.15) is 5.82 Å². The Bertz CT molecular complexity index is 1280. The molecule has 3 N–H and O–H groups in total. The van der Waals surface area contributed by atoms with Gasteiger partial charge in [-0.25, -0.2) is 4.39 Å². The molecule has 176 valence electrons. The van der Waals surface area contributed by atoms with Crippen molar-refractivity contribution in [2.45, 2.75) is 20.8 Å². The molecule has 0 radical (unpaired) electrons. The predicted octanol–water partition coefficient (Wildman–Crippen LogP) is 5.13. The van der Waals surface area contributed by atoms with Crippen molar-refractivity contribution in [2.75, 3.05) is 16.2 Å². The van der Waals surface area contributed by atoms with E-state index >= 15 is 0 Å². The van der Waals surface area contributed by atoms with Gasteiger partial charge in [0.2, 0.25) is 5.95 Å². The lowest BCUT2D eigenvalue weighted by Gasteiger charge is -2.11. The van der Waals surface area contributed by atoms with Gasteiger partial charge in [-0.15, -0.1) is 0 Å². The topological polar surface area (TPSA) is 112 Å². The molecule has 0 saturated carbocycles. The van der Waals surface area contributed by atoms with E-state index < -0.39 is 5.82 Å². The third kappa shape index (κ3) is 6.41. The van der Waals surface area contributed by atoms with Crippen LogP contribution in [0.3, 0.4) is 0 Å². The van der Waals surface area contributed by atoms with Crippen molar-refractivity contribution < 1.29 is 4.39 Å². The van der Waals surface area contributed by atoms with Crippen LogP contribution in [0.1, 0.15) is 30.5 Å². The lowest BCUT2D eigenvalue weighted by Crippen LogP contribution is -2.07. The number of hydrazone groups is 2. The number of nitrogens with zero attached hydrogens (tertiary/aromatic N) is 6. The number of hydrogen-bond acceptors (Lipinski definition) is 9. The lowest BCUT2D eigenvalue weighted by atomic mass is 10.2. The third-order valence-electron chi connectivity index (χ3n) is 4.97. The van der Waals surface area contributed by atoms with Crippen LogP contribution in [-0.2, 0) is 0 Å². The summed E-state index contributed by atoms with van der Waals surface area (Å²) in [6, 6.07) is 14.0. The highest BCUT2D eigenvalue weighted by molar-refractivity contribution is 5.99. The summed E-state index contributed by atoms with van der Waals surface area (Å²) >= 11 is 0. The Balaban J connectivity index is 1.62. The Morgan fingerprint density at radius 3 is 1.74 bits per heavy atom. The normalized spacial score (nSPS) is 11.8. The average Bonchev–Trinajstić information content (AvgIpc) is 2.88. The summed E-state index contributed by atoms with van der Waals surface area (Å²) in [5.74, 6) is 0.554. The number of benzene rings is 1. The number of aromatic nitrogens is 4. The zero-order valence-electron chi connectivity index (χ0n) is 19.5. The molecule has 0 fully saturated rings. The lowest BCUT2D eigenvalue weighted by molar-refractivity contribution is 0.630. The highest BCUT2D eigenvalue weighted by atomic mass is 19.1. The van der Waals surface area contributed by atoms with Crippen molar-refractivity contribution in [3.8, 4) is 0 Å². The Kier molecular flexibility index (Phi) is 7.31. The van der Waals surface area contributed by atoms with Gasteiger partial charge in [-0.3, -0.25) is 20.8 Å². The van der Waals surface area contributed by atoms with Crippen molar-refractivity contribution in [3.63, 3.8) is 0 Å². The fourth-order valence-electron chi connectivity index (χ4n) is 3.06. The Labute approximate surface area is 202 Å². The molecule has 0 aliphatic rings. The van der Waals surface area contributed by atoms with Gasteiger partial charge in [0.15, 0.2) is 11.6 Å². The second kappa shape index (κ2) is 10.9. The minimum Gasteiger partial charge on any atom is -0.322 e. The molecule has 10 heteroatoms. The molecule has 3 aromatic heterocycles. The van der Waals surface area contributed by atoms with Crippen molar-refractivity contribution in [2.24, 2.45) is 10.2 Å². The summed E-state index contributed by atoms with van der Waals surface area (Å²) in [6.45, 7) is 5.56. The number of anilines is 4. The predicted molar refractivity (Wildman–Crippen MR) is 137 cm³/mol. The van der Waals surface area contributed by atoms with E-state index in [-0.39, 0.29) is 11.6 Å². The molecule has 4 rings (SSSR count). The van der Waals surface area contributed by atoms with Gasteiger partial charge < -0.3 is 5.32 Å². The molecule has 3 heterocycles. The summed E-state index contributed by atoms with van der Waals surface area (Å²) in [5.41, 5.74) is 10.3. The average molecular weight is 470 g/mol. The summed E-state index contributed by atoms with van der Waals surface area (Å²) in [6.07, 6.45) is 6.79. The van der Waals surface area contributed by atoms with Crippen LogP contribution < -0.4 is 16.2 Å². The van der Waals surface area contributed by atoms with E-state index in [4.69, 9.17) is 0 Å². The SMILES string of the molecule is CC(=NNc1cc(NN=C(C)c2ccncc2)nc(Nc2ccc(C)cc2F)n1)c1ccncc1. The second-order valence-electron chi connectivity index (χ2n) is 7.66. The van der Waals surface area contributed by atoms with E-state index in [1.807, 2.05) is 45.0 Å². The van der Waals surface area contributed by atoms with Gasteiger partial charge in [0.05, 0.1) is 17.1 Å². The fraction of sp³-hybridized carbons (Fsp3) is 0.120. The first-order chi connectivity index (χ1) is 17.0. The quantitative estimate of drug-likeness (QED) is 0.242. The molecule has 9 nitrogen and oxygen atoms in total. The molecular formula is C25H24FN9. The Morgan fingerprint density at radius 2 is 1.26 bits per heavy atom. The highest BCUT2D eigenvalue weighted by Gasteiger charge is 2.09. The van der Waals surface area contributed by atoms with Gasteiger partial charge in [0, 0.05) is 42.0 Å². The van der Waals surface area contributed by atoms with Crippen LogP contribution in [0.15, 0.2) is 83.5 Å². The number of pyridine rings is 2. The van der Waals surface area contributed by atoms with Crippen LogP contribution in [0, 0.1) is 12.7 Å². The molecule has 0 amide bonds. The zero-order valence-corrected chi connectivity index (χ0v) is 19.5. The van der Waals surface area contributed by atoms with E-state index in [2.05, 4.69) is 46.3 Å². The number of hydrogen-bond donors (Lipinski definition) is 3. The maximum Gasteiger partial charge on any atom is 0.231 e. The van der Waals surface area contributed by atoms with Crippen LogP contribution in [0.2, 0.25) is 0 Å². The summed E-state index contributed by atoms with van der Waals surface area (Å²) in [4.78, 5) is 16.9. The molecule has 0 aliphatic carbocycles. The molecular weight excluding hydrogens is 445 g/mol. The Hall–Kier alpha value is -4.73. The monoisotopic (exact) mass is 469 g/mol. The van der Waals surface area contributed by atoms with E-state index in [1.165, 1.54) is 6.07 Å². The third-order valence-corrected chi connectivity index (χ3v) is 4.97. The second-order valence-corrected chi connectivity index (χ2v) is 7.66. The highest BCUT2D eigenvalue weighted by Crippen LogP contribution is 2.22. The minimum atomic E-state index is -0.403. The van der Waals surface area contributed by atoms with Gasteiger partial charge in [-0.1, -0.05) is 6.07 Å². The fourth-order valence-corrected chi connectivity index (χ4v) is 3.06. The van der Waals surface area contributed by atoms with Crippen LogP contribution in [0.4, 0.5) is 27.7 Å². The first kappa shape index (κ1) is 23.4. The number of halogens is 1. The first-order valence-corrected chi connectivity index (χ1v) is 10.8. The van der Waals surface area contributed by atoms with Crippen LogP contribution in [0.25, 0.3) is 0 Å². The maximum atomic E-state index is 14.4. The molecule has 35 heavy (non-hydrogen) atoms. The summed E-state index contributed by atoms with van der Waals surface area (Å²) in [5, 5.41) is 11.7. The molecule has 4 aromatic rings. The van der Waals surface area contributed by atoms with Crippen molar-refractivity contribution in [1.82, 2.24) is 19.9 Å². The van der Waals surface area contributed by atoms with E-state index in [1.54, 1.807) is 43.0 Å². The van der Waals surface area contributed by atoms with E-state index in [0.717, 1.165) is 28.1 Å². The smallest absolute Gasteiger partial charge is 0.231 e. The summed E-state index contributed by atoms with van der Waals surface area (Å²) in [7, 11) is 0. The van der Waals surface area contributed by atoms with Gasteiger partial charge in [-0.05, 0) is 62.7 Å². The van der Waals surface area contributed by atoms with Crippen molar-refractivity contribution in [3.05, 3.63) is 95.8 Å². The minimum absolute atomic E-state index is 0.175. The molecule has 0 atom stereocenters. The molecule has 0 saturated heterocycles. The van der Waals surface area contributed by atoms with Gasteiger partial charge >= 0.3 is 0 Å². The number of aryl methyl sites for hydroxylation is 1. The van der Waals surface area contributed by atoms with Crippen LogP contribution in [-0.4, -0.2) is 31.4 Å². The summed E-state index contributed by atoms with van der Waals surface area (Å²) < 4.78 is 14.4. The molecule has 0 bridgehead atoms. The maximum absolute atomic E-state index is 14.4. The van der Waals surface area contributed by atoms with E-state index in [9.17, 15) is 4.39 Å². The van der Waals surface area contributed by atoms with Crippen LogP contribution >= 0.6 is 0 Å². The molecule has 0 unspecified atom stereocenters. The van der Waals surface area contributed by atoms with Gasteiger partial charge in [-0.2, -0.15) is 20.2 Å². The first-order valence-electron chi connectivity index (χ1n) is 10.8. The zero-order chi connectivity index (χ0) is 24.6. The number of nitrogens with one attached hydrogen (secondary N) is 3. The van der Waals surface area contributed by atoms with Crippen LogP contribution in [0.5, 0.6) is 0 Å². The van der Waals surface area contributed by atoms with Crippen molar-refractivity contribution in [1.29, 1.82) is 0 Å². The van der Waals surface area contributed by atoms with E-state index in [0.29, 0.717) is 11.6 Å². The molecule has 1 aromatic carbocycles. The molecule has 0 aliphatic heterocycles. The largest absolute Gasteiger partial charge is 0.322 e. The standard InChI is InChI=1S/C25H24FN9/c1-16-4-5-22(21(26)14-16)29-25-30-23(34-32-17(2)19-6-10-27-11-7-19)15-24(31-25)35-33-18(3)20-8-12-28-13-9-20/h4-15H,1-3H3,(H3,29,30,31,34,35). The van der Waals surface area contributed by atoms with Crippen molar-refractivity contribution >= 4 is 34.7 Å². The Morgan fingerprint density at radius 1 is 0.743 bits per heavy atom. The number of rotatable bonds is 8.